The Morgan fingerprint density at radius 2 is 2.00 bits per heavy atom. The van der Waals surface area contributed by atoms with Crippen molar-refractivity contribution in [1.29, 1.82) is 0 Å². The van der Waals surface area contributed by atoms with Crippen LogP contribution in [-0.2, 0) is 11.3 Å². The molecule has 176 valence electrons. The maximum Gasteiger partial charge on any atom is 0.249 e. The summed E-state index contributed by atoms with van der Waals surface area (Å²) < 4.78 is 22.5. The number of anilines is 1. The Morgan fingerprint density at radius 1 is 1.17 bits per heavy atom. The van der Waals surface area contributed by atoms with Crippen LogP contribution in [0.25, 0.3) is 33.6 Å². The van der Waals surface area contributed by atoms with Gasteiger partial charge in [-0.15, -0.1) is 0 Å². The van der Waals surface area contributed by atoms with Crippen molar-refractivity contribution >= 4 is 11.7 Å². The zero-order chi connectivity index (χ0) is 24.1. The number of ether oxygens (including phenoxy) is 1. The number of hydrogen-bond acceptors (Lipinski definition) is 6. The molecule has 0 spiro atoms. The van der Waals surface area contributed by atoms with Crippen molar-refractivity contribution in [2.45, 2.75) is 19.5 Å². The second-order valence-corrected chi connectivity index (χ2v) is 8.81. The molecule has 9 heteroatoms. The molecule has 0 aromatic heterocycles. The Labute approximate surface area is 200 Å². The quantitative estimate of drug-likeness (QED) is 0.477. The largest absolute Gasteiger partial charge is 0.377 e. The zero-order valence-electron chi connectivity index (χ0n) is 19.1. The molecule has 2 aromatic carbocycles. The summed E-state index contributed by atoms with van der Waals surface area (Å²) in [5.41, 5.74) is 10.5. The second-order valence-electron chi connectivity index (χ2n) is 8.81. The van der Waals surface area contributed by atoms with E-state index < -0.39 is 11.7 Å². The zero-order valence-corrected chi connectivity index (χ0v) is 19.1. The van der Waals surface area contributed by atoms with Gasteiger partial charge in [0.05, 0.1) is 13.2 Å². The lowest BCUT2D eigenvalue weighted by atomic mass is 9.92. The number of fused-ring (bicyclic) bond motifs is 3. The highest BCUT2D eigenvalue weighted by atomic mass is 19.1. The van der Waals surface area contributed by atoms with Gasteiger partial charge in [-0.05, 0) is 47.9 Å². The Bertz CT molecular complexity index is 1530. The number of nitrogens with two attached hydrogens (primary N) is 1. The van der Waals surface area contributed by atoms with Crippen LogP contribution in [0.2, 0.25) is 0 Å². The van der Waals surface area contributed by atoms with E-state index in [0.717, 1.165) is 47.0 Å². The van der Waals surface area contributed by atoms with Crippen molar-refractivity contribution in [3.63, 3.8) is 0 Å². The molecule has 4 aliphatic heterocycles. The maximum atomic E-state index is 15.2. The molecule has 4 heterocycles. The van der Waals surface area contributed by atoms with Crippen LogP contribution < -0.4 is 16.7 Å². The van der Waals surface area contributed by atoms with E-state index in [0.29, 0.717) is 30.0 Å². The van der Waals surface area contributed by atoms with E-state index in [9.17, 15) is 4.79 Å². The molecule has 1 saturated heterocycles. The Kier molecular flexibility index (Phi) is 5.07. The van der Waals surface area contributed by atoms with Crippen molar-refractivity contribution in [3.8, 4) is 33.6 Å². The fraction of sp³-hybridized carbons (Fsp3) is 0.231. The third-order valence-electron chi connectivity index (χ3n) is 6.50. The molecular weight excluding hydrogens is 447 g/mol. The van der Waals surface area contributed by atoms with Crippen LogP contribution in [-0.4, -0.2) is 46.2 Å². The van der Waals surface area contributed by atoms with Gasteiger partial charge in [0.25, 0.3) is 0 Å². The molecule has 8 nitrogen and oxygen atoms in total. The van der Waals surface area contributed by atoms with Gasteiger partial charge in [-0.2, -0.15) is 4.98 Å². The van der Waals surface area contributed by atoms with E-state index in [-0.39, 0.29) is 11.6 Å². The van der Waals surface area contributed by atoms with Crippen LogP contribution in [0.4, 0.5) is 10.2 Å². The third kappa shape index (κ3) is 3.64. The molecule has 0 atom stereocenters. The first-order valence-electron chi connectivity index (χ1n) is 11.5. The predicted octanol–water partition coefficient (Wildman–Crippen LogP) is 2.99. The van der Waals surface area contributed by atoms with Crippen molar-refractivity contribution in [2.75, 3.05) is 25.1 Å². The number of hydrogen-bond donors (Lipinski definition) is 2. The first kappa shape index (κ1) is 21.4. The van der Waals surface area contributed by atoms with E-state index in [1.54, 1.807) is 36.5 Å². The number of carbonyl (C=O) groups excluding carboxylic acids is 1. The lowest BCUT2D eigenvalue weighted by Gasteiger charge is -2.21. The first-order valence-corrected chi connectivity index (χ1v) is 11.5. The number of rotatable bonds is 4. The fourth-order valence-electron chi connectivity index (χ4n) is 4.69. The van der Waals surface area contributed by atoms with Crippen LogP contribution in [0.5, 0.6) is 0 Å². The van der Waals surface area contributed by atoms with E-state index in [4.69, 9.17) is 15.5 Å². The predicted molar refractivity (Wildman–Crippen MR) is 129 cm³/mol. The van der Waals surface area contributed by atoms with Crippen molar-refractivity contribution in [2.24, 2.45) is 10.7 Å². The van der Waals surface area contributed by atoms with E-state index in [1.165, 1.54) is 6.07 Å². The Balaban J connectivity index is 1.54. The number of carbonyl (C=O) groups is 1. The Morgan fingerprint density at radius 3 is 2.77 bits per heavy atom. The molecule has 1 amide bonds. The van der Waals surface area contributed by atoms with Crippen LogP contribution in [0.15, 0.2) is 53.7 Å². The van der Waals surface area contributed by atoms with E-state index >= 15 is 4.39 Å². The summed E-state index contributed by atoms with van der Waals surface area (Å²) in [7, 11) is 0. The summed E-state index contributed by atoms with van der Waals surface area (Å²) in [5.74, 6) is 0.685. The molecular formula is C26H23FN6O2. The highest BCUT2D eigenvalue weighted by molar-refractivity contribution is 6.00. The van der Waals surface area contributed by atoms with Gasteiger partial charge in [-0.25, -0.2) is 14.4 Å². The first-order chi connectivity index (χ1) is 17.0. The standard InChI is InChI=1S/C26H23FN6O2/c1-14-8-22(27)20(17-4-2-3-5-18(17)23(28)34)10-19(14)21-9-15-11-30-26(31-16-12-35-13-16)32-24(15)33-7-6-29-25(21)33/h2-5,8-11,16,29H,6-7,12-13H2,1H3,(H2,28,34). The SMILES string of the molecule is Cc1cc(F)c(-c2ccccc2C(N)=O)cc1-c1cc2cnc(=NC3COC3)nc-2n2c1NCC2. The van der Waals surface area contributed by atoms with Gasteiger partial charge in [0.15, 0.2) is 0 Å². The minimum Gasteiger partial charge on any atom is -0.377 e. The monoisotopic (exact) mass is 470 g/mol. The van der Waals surface area contributed by atoms with Gasteiger partial charge in [-0.3, -0.25) is 4.79 Å². The lowest BCUT2D eigenvalue weighted by molar-refractivity contribution is 0.0112. The number of aryl methyl sites for hydroxylation is 1. The molecule has 0 radical (unpaired) electrons. The molecule has 2 aromatic rings. The summed E-state index contributed by atoms with van der Waals surface area (Å²) in [4.78, 5) is 25.7. The number of pyridine rings is 1. The molecule has 3 N–H and O–H groups in total. The molecule has 4 aliphatic rings. The molecule has 0 aliphatic carbocycles. The number of aromatic nitrogens is 3. The van der Waals surface area contributed by atoms with Gasteiger partial charge in [0.2, 0.25) is 11.5 Å². The summed E-state index contributed by atoms with van der Waals surface area (Å²) >= 11 is 0. The highest BCUT2D eigenvalue weighted by Crippen LogP contribution is 2.40. The van der Waals surface area contributed by atoms with Crippen LogP contribution in [0, 0.1) is 12.7 Å². The molecule has 0 saturated carbocycles. The summed E-state index contributed by atoms with van der Waals surface area (Å²) in [5, 5.41) is 3.46. The van der Waals surface area contributed by atoms with Crippen molar-refractivity contribution in [1.82, 2.24) is 14.5 Å². The summed E-state index contributed by atoms with van der Waals surface area (Å²) in [6.45, 7) is 4.55. The molecule has 0 unspecified atom stereocenters. The lowest BCUT2D eigenvalue weighted by Crippen LogP contribution is -2.34. The maximum absolute atomic E-state index is 15.2. The van der Waals surface area contributed by atoms with Crippen LogP contribution >= 0.6 is 0 Å². The number of nitrogens with zero attached hydrogens (tertiary/aromatic N) is 4. The molecule has 6 rings (SSSR count). The molecule has 35 heavy (non-hydrogen) atoms. The summed E-state index contributed by atoms with van der Waals surface area (Å²) in [6.07, 6.45) is 1.78. The summed E-state index contributed by atoms with van der Waals surface area (Å²) in [6, 6.07) is 12.2. The Hall–Kier alpha value is -4.11. The number of nitrogens with one attached hydrogen (secondary N) is 1. The third-order valence-corrected chi connectivity index (χ3v) is 6.50. The van der Waals surface area contributed by atoms with Crippen LogP contribution in [0.1, 0.15) is 15.9 Å². The number of benzene rings is 2. The number of amides is 1. The minimum absolute atomic E-state index is 0.103. The normalized spacial score (nSPS) is 15.7. The smallest absolute Gasteiger partial charge is 0.249 e. The topological polar surface area (TPSA) is 107 Å². The van der Waals surface area contributed by atoms with Crippen molar-refractivity contribution in [3.05, 3.63) is 71.2 Å². The second kappa shape index (κ2) is 8.28. The van der Waals surface area contributed by atoms with E-state index in [1.807, 2.05) is 13.0 Å². The van der Waals surface area contributed by atoms with Gasteiger partial charge in [-0.1, -0.05) is 18.2 Å². The van der Waals surface area contributed by atoms with Crippen molar-refractivity contribution < 1.29 is 13.9 Å². The number of primary amides is 1. The number of halogens is 1. The van der Waals surface area contributed by atoms with Gasteiger partial charge < -0.3 is 20.4 Å². The van der Waals surface area contributed by atoms with Gasteiger partial charge in [0, 0.05) is 41.5 Å². The van der Waals surface area contributed by atoms with E-state index in [2.05, 4.69) is 19.9 Å². The minimum atomic E-state index is -0.599. The average molecular weight is 471 g/mol. The molecule has 1 fully saturated rings. The van der Waals surface area contributed by atoms with Gasteiger partial charge >= 0.3 is 0 Å². The van der Waals surface area contributed by atoms with Gasteiger partial charge in [0.1, 0.15) is 23.5 Å². The highest BCUT2D eigenvalue weighted by Gasteiger charge is 2.25. The van der Waals surface area contributed by atoms with Crippen LogP contribution in [0.3, 0.4) is 0 Å². The molecule has 0 bridgehead atoms. The fourth-order valence-corrected chi connectivity index (χ4v) is 4.69. The average Bonchev–Trinajstić information content (AvgIpc) is 3.32.